The molecule has 0 spiro atoms. The lowest BCUT2D eigenvalue weighted by atomic mass is 10.2. The molecule has 0 heterocycles. The number of rotatable bonds is 6. The molecule has 94 valence electrons. The van der Waals surface area contributed by atoms with Crippen molar-refractivity contribution in [3.05, 3.63) is 28.3 Å². The standard InChI is InChI=1S/C11H16N2O4/c1-3-16-7-8(2)17-10-6-4-5-9(12)11(10)13(14)15/h4-6,8H,3,7,12H2,1-2H3. The van der Waals surface area contributed by atoms with Crippen molar-refractivity contribution in [2.45, 2.75) is 20.0 Å². The Labute approximate surface area is 99.5 Å². The van der Waals surface area contributed by atoms with E-state index in [0.717, 1.165) is 0 Å². The molecule has 1 unspecified atom stereocenters. The molecular weight excluding hydrogens is 224 g/mol. The van der Waals surface area contributed by atoms with Crippen LogP contribution < -0.4 is 10.5 Å². The van der Waals surface area contributed by atoms with E-state index in [-0.39, 0.29) is 23.2 Å². The van der Waals surface area contributed by atoms with Gasteiger partial charge in [-0.15, -0.1) is 0 Å². The van der Waals surface area contributed by atoms with Crippen LogP contribution in [0.4, 0.5) is 11.4 Å². The van der Waals surface area contributed by atoms with Crippen LogP contribution in [-0.4, -0.2) is 24.2 Å². The highest BCUT2D eigenvalue weighted by Gasteiger charge is 2.20. The number of nitrogens with two attached hydrogens (primary N) is 1. The average Bonchev–Trinajstić information content (AvgIpc) is 2.25. The SMILES string of the molecule is CCOCC(C)Oc1cccc(N)c1[N+](=O)[O-]. The predicted molar refractivity (Wildman–Crippen MR) is 64.1 cm³/mol. The second-order valence-corrected chi connectivity index (χ2v) is 3.54. The van der Waals surface area contributed by atoms with Crippen LogP contribution in [0, 0.1) is 10.1 Å². The number of nitrogen functional groups attached to an aromatic ring is 1. The van der Waals surface area contributed by atoms with Gasteiger partial charge in [0.1, 0.15) is 11.8 Å². The lowest BCUT2D eigenvalue weighted by Crippen LogP contribution is -2.19. The Hall–Kier alpha value is -1.82. The fourth-order valence-corrected chi connectivity index (χ4v) is 1.36. The van der Waals surface area contributed by atoms with Crippen LogP contribution in [0.1, 0.15) is 13.8 Å². The van der Waals surface area contributed by atoms with Crippen LogP contribution in [0.3, 0.4) is 0 Å². The van der Waals surface area contributed by atoms with Gasteiger partial charge in [-0.25, -0.2) is 0 Å². The van der Waals surface area contributed by atoms with Crippen LogP contribution in [0.2, 0.25) is 0 Å². The molecule has 0 aromatic heterocycles. The summed E-state index contributed by atoms with van der Waals surface area (Å²) >= 11 is 0. The van der Waals surface area contributed by atoms with Crippen LogP contribution in [0.5, 0.6) is 5.75 Å². The number of hydrogen-bond acceptors (Lipinski definition) is 5. The number of anilines is 1. The molecule has 6 heteroatoms. The maximum atomic E-state index is 10.9. The number of nitrogens with zero attached hydrogens (tertiary/aromatic N) is 1. The molecule has 1 aromatic rings. The Morgan fingerprint density at radius 1 is 1.53 bits per heavy atom. The molecule has 0 bridgehead atoms. The summed E-state index contributed by atoms with van der Waals surface area (Å²) in [5.74, 6) is 0.169. The summed E-state index contributed by atoms with van der Waals surface area (Å²) in [7, 11) is 0. The molecule has 0 aliphatic heterocycles. The molecular formula is C11H16N2O4. The molecule has 2 N–H and O–H groups in total. The molecule has 6 nitrogen and oxygen atoms in total. The molecule has 0 radical (unpaired) electrons. The summed E-state index contributed by atoms with van der Waals surface area (Å²) in [6.07, 6.45) is -0.268. The highest BCUT2D eigenvalue weighted by atomic mass is 16.6. The summed E-state index contributed by atoms with van der Waals surface area (Å²) in [6, 6.07) is 4.61. The van der Waals surface area contributed by atoms with Crippen LogP contribution >= 0.6 is 0 Å². The predicted octanol–water partition coefficient (Wildman–Crippen LogP) is 1.98. The summed E-state index contributed by atoms with van der Waals surface area (Å²) in [4.78, 5) is 10.3. The van der Waals surface area contributed by atoms with Crippen molar-refractivity contribution in [2.24, 2.45) is 0 Å². The van der Waals surface area contributed by atoms with Gasteiger partial charge in [-0.2, -0.15) is 0 Å². The second kappa shape index (κ2) is 6.05. The molecule has 0 saturated carbocycles. The van der Waals surface area contributed by atoms with Gasteiger partial charge in [0.05, 0.1) is 11.5 Å². The van der Waals surface area contributed by atoms with E-state index < -0.39 is 4.92 Å². The van der Waals surface area contributed by atoms with Gasteiger partial charge in [-0.3, -0.25) is 10.1 Å². The monoisotopic (exact) mass is 240 g/mol. The van der Waals surface area contributed by atoms with E-state index in [4.69, 9.17) is 15.2 Å². The molecule has 17 heavy (non-hydrogen) atoms. The van der Waals surface area contributed by atoms with E-state index in [1.807, 2.05) is 6.92 Å². The van der Waals surface area contributed by atoms with Crippen LogP contribution in [-0.2, 0) is 4.74 Å². The first kappa shape index (κ1) is 13.2. The zero-order chi connectivity index (χ0) is 12.8. The van der Waals surface area contributed by atoms with Gasteiger partial charge >= 0.3 is 5.69 Å². The lowest BCUT2D eigenvalue weighted by molar-refractivity contribution is -0.385. The number of nitro groups is 1. The fourth-order valence-electron chi connectivity index (χ4n) is 1.36. The largest absolute Gasteiger partial charge is 0.481 e. The number of benzene rings is 1. The van der Waals surface area contributed by atoms with E-state index in [9.17, 15) is 10.1 Å². The van der Waals surface area contributed by atoms with Crippen molar-refractivity contribution in [2.75, 3.05) is 18.9 Å². The van der Waals surface area contributed by atoms with Crippen molar-refractivity contribution < 1.29 is 14.4 Å². The van der Waals surface area contributed by atoms with Gasteiger partial charge in [-0.05, 0) is 26.0 Å². The third-order valence-corrected chi connectivity index (χ3v) is 2.10. The van der Waals surface area contributed by atoms with E-state index in [2.05, 4.69) is 0 Å². The number of hydrogen-bond donors (Lipinski definition) is 1. The second-order valence-electron chi connectivity index (χ2n) is 3.54. The molecule has 1 rings (SSSR count). The zero-order valence-electron chi connectivity index (χ0n) is 9.88. The smallest absolute Gasteiger partial charge is 0.333 e. The fraction of sp³-hybridized carbons (Fsp3) is 0.455. The molecule has 1 atom stereocenters. The summed E-state index contributed by atoms with van der Waals surface area (Å²) in [5.41, 5.74) is 5.44. The number of para-hydroxylation sites is 1. The molecule has 0 aliphatic rings. The normalized spacial score (nSPS) is 12.1. The van der Waals surface area contributed by atoms with Crippen molar-refractivity contribution >= 4 is 11.4 Å². The Bertz CT molecular complexity index is 395. The lowest BCUT2D eigenvalue weighted by Gasteiger charge is -2.14. The summed E-state index contributed by atoms with van der Waals surface area (Å²) in [6.45, 7) is 4.60. The maximum Gasteiger partial charge on any atom is 0.333 e. The average molecular weight is 240 g/mol. The van der Waals surface area contributed by atoms with Crippen molar-refractivity contribution in [1.82, 2.24) is 0 Å². The molecule has 0 fully saturated rings. The van der Waals surface area contributed by atoms with Gasteiger partial charge in [0.2, 0.25) is 0 Å². The van der Waals surface area contributed by atoms with Gasteiger partial charge in [0, 0.05) is 6.61 Å². The first-order valence-electron chi connectivity index (χ1n) is 5.33. The Morgan fingerprint density at radius 3 is 2.82 bits per heavy atom. The van der Waals surface area contributed by atoms with Crippen LogP contribution in [0.25, 0.3) is 0 Å². The Morgan fingerprint density at radius 2 is 2.24 bits per heavy atom. The quantitative estimate of drug-likeness (QED) is 0.466. The minimum Gasteiger partial charge on any atom is -0.481 e. The molecule has 0 amide bonds. The Kier molecular flexibility index (Phi) is 4.71. The van der Waals surface area contributed by atoms with Crippen molar-refractivity contribution in [3.8, 4) is 5.75 Å². The third-order valence-electron chi connectivity index (χ3n) is 2.10. The highest BCUT2D eigenvalue weighted by molar-refractivity contribution is 5.65. The van der Waals surface area contributed by atoms with Crippen molar-refractivity contribution in [3.63, 3.8) is 0 Å². The molecule has 1 aromatic carbocycles. The maximum absolute atomic E-state index is 10.9. The van der Waals surface area contributed by atoms with E-state index in [1.54, 1.807) is 13.0 Å². The number of ether oxygens (including phenoxy) is 2. The Balaban J connectivity index is 2.83. The third kappa shape index (κ3) is 3.60. The van der Waals surface area contributed by atoms with Gasteiger partial charge in [0.25, 0.3) is 0 Å². The minimum atomic E-state index is -0.544. The molecule has 0 saturated heterocycles. The highest BCUT2D eigenvalue weighted by Crippen LogP contribution is 2.33. The van der Waals surface area contributed by atoms with E-state index >= 15 is 0 Å². The van der Waals surface area contributed by atoms with Gasteiger partial charge in [-0.1, -0.05) is 6.07 Å². The summed E-state index contributed by atoms with van der Waals surface area (Å²) < 4.78 is 10.6. The van der Waals surface area contributed by atoms with Gasteiger partial charge in [0.15, 0.2) is 5.75 Å². The first-order chi connectivity index (χ1) is 8.06. The first-order valence-corrected chi connectivity index (χ1v) is 5.33. The topological polar surface area (TPSA) is 87.6 Å². The molecule has 0 aliphatic carbocycles. The van der Waals surface area contributed by atoms with Crippen LogP contribution in [0.15, 0.2) is 18.2 Å². The van der Waals surface area contributed by atoms with E-state index in [1.165, 1.54) is 12.1 Å². The zero-order valence-corrected chi connectivity index (χ0v) is 9.88. The minimum absolute atomic E-state index is 0.0936. The van der Waals surface area contributed by atoms with Crippen molar-refractivity contribution in [1.29, 1.82) is 0 Å². The van der Waals surface area contributed by atoms with Gasteiger partial charge < -0.3 is 15.2 Å². The number of nitro benzene ring substituents is 1. The summed E-state index contributed by atoms with van der Waals surface area (Å²) in [5, 5.41) is 10.9. The van der Waals surface area contributed by atoms with E-state index in [0.29, 0.717) is 13.2 Å².